The monoisotopic (exact) mass is 471 g/mol. The molecule has 1 aromatic carbocycles. The number of benzene rings is 1. The molecule has 1 amide bonds. The third-order valence-electron chi connectivity index (χ3n) is 7.41. The Balaban J connectivity index is 1.60. The number of piperidine rings is 1. The number of amides is 1. The van der Waals surface area contributed by atoms with Gasteiger partial charge in [-0.3, -0.25) is 0 Å². The molecule has 6 heteroatoms. The summed E-state index contributed by atoms with van der Waals surface area (Å²) in [4.78, 5) is 14.6. The van der Waals surface area contributed by atoms with Gasteiger partial charge in [0.2, 0.25) is 0 Å². The van der Waals surface area contributed by atoms with Crippen LogP contribution in [0.25, 0.3) is 0 Å². The SMILES string of the molecule is COc1cccc2c1O[C@@](C)(CCC=C(C)C)[C@H]1C[C@H]3CN(C(=O)OC(C)(C)C)CC[C@@H]3O[C@H]21. The van der Waals surface area contributed by atoms with Crippen molar-refractivity contribution in [3.63, 3.8) is 0 Å². The summed E-state index contributed by atoms with van der Waals surface area (Å²) in [6.45, 7) is 13.5. The van der Waals surface area contributed by atoms with E-state index in [-0.39, 0.29) is 30.1 Å². The van der Waals surface area contributed by atoms with Gasteiger partial charge in [-0.1, -0.05) is 23.8 Å². The zero-order valence-electron chi connectivity index (χ0n) is 21.8. The summed E-state index contributed by atoms with van der Waals surface area (Å²) < 4.78 is 24.9. The maximum Gasteiger partial charge on any atom is 0.410 e. The molecule has 4 rings (SSSR count). The number of hydrogen-bond acceptors (Lipinski definition) is 5. The predicted octanol–water partition coefficient (Wildman–Crippen LogP) is 6.30. The smallest absolute Gasteiger partial charge is 0.410 e. The fraction of sp³-hybridized carbons (Fsp3) is 0.679. The van der Waals surface area contributed by atoms with Gasteiger partial charge in [0.1, 0.15) is 11.2 Å². The molecule has 1 aromatic rings. The van der Waals surface area contributed by atoms with Crippen molar-refractivity contribution in [2.45, 2.75) is 90.6 Å². The second-order valence-corrected chi connectivity index (χ2v) is 11.5. The first-order chi connectivity index (χ1) is 16.0. The Morgan fingerprint density at radius 2 is 2.06 bits per heavy atom. The first kappa shape index (κ1) is 24.9. The molecule has 0 spiro atoms. The number of carbonyl (C=O) groups excluding carboxylic acids is 1. The van der Waals surface area contributed by atoms with E-state index in [0.717, 1.165) is 42.7 Å². The van der Waals surface area contributed by atoms with Crippen molar-refractivity contribution < 1.29 is 23.7 Å². The summed E-state index contributed by atoms with van der Waals surface area (Å²) in [7, 11) is 1.69. The van der Waals surface area contributed by atoms with Crippen molar-refractivity contribution in [3.05, 3.63) is 35.4 Å². The summed E-state index contributed by atoms with van der Waals surface area (Å²) in [5.41, 5.74) is 1.51. The topological polar surface area (TPSA) is 57.2 Å². The Morgan fingerprint density at radius 1 is 1.29 bits per heavy atom. The maximum atomic E-state index is 12.8. The number of nitrogens with zero attached hydrogens (tertiary/aromatic N) is 1. The average molecular weight is 472 g/mol. The second kappa shape index (κ2) is 9.44. The Hall–Kier alpha value is -2.21. The number of methoxy groups -OCH3 is 1. The van der Waals surface area contributed by atoms with Gasteiger partial charge in [-0.2, -0.15) is 0 Å². The number of fused-ring (bicyclic) bond motifs is 4. The van der Waals surface area contributed by atoms with Gasteiger partial charge in [-0.05, 0) is 73.3 Å². The van der Waals surface area contributed by atoms with E-state index >= 15 is 0 Å². The molecule has 0 saturated carbocycles. The minimum atomic E-state index is -0.494. The van der Waals surface area contributed by atoms with Crippen molar-refractivity contribution in [2.75, 3.05) is 20.2 Å². The van der Waals surface area contributed by atoms with Crippen LogP contribution in [0.2, 0.25) is 0 Å². The molecule has 2 fully saturated rings. The lowest BCUT2D eigenvalue weighted by atomic mass is 9.68. The molecule has 3 aliphatic rings. The zero-order valence-corrected chi connectivity index (χ0v) is 21.8. The Kier molecular flexibility index (Phi) is 6.92. The normalized spacial score (nSPS) is 30.3. The molecule has 6 nitrogen and oxygen atoms in total. The molecule has 0 bridgehead atoms. The third kappa shape index (κ3) is 5.07. The van der Waals surface area contributed by atoms with Crippen molar-refractivity contribution in [3.8, 4) is 11.5 Å². The van der Waals surface area contributed by atoms with E-state index in [0.29, 0.717) is 13.1 Å². The maximum absolute atomic E-state index is 12.8. The highest BCUT2D eigenvalue weighted by atomic mass is 16.6. The van der Waals surface area contributed by atoms with E-state index < -0.39 is 11.2 Å². The minimum Gasteiger partial charge on any atom is -0.493 e. The zero-order chi connectivity index (χ0) is 24.7. The molecular weight excluding hydrogens is 430 g/mol. The minimum absolute atomic E-state index is 0.0371. The Labute approximate surface area is 204 Å². The number of likely N-dealkylation sites (tertiary alicyclic amines) is 1. The largest absolute Gasteiger partial charge is 0.493 e. The summed E-state index contributed by atoms with van der Waals surface area (Å²) in [6.07, 6.45) is 5.76. The lowest BCUT2D eigenvalue weighted by Gasteiger charge is -2.54. The number of allylic oxidation sites excluding steroid dienone is 2. The number of rotatable bonds is 4. The molecule has 2 saturated heterocycles. The summed E-state index contributed by atoms with van der Waals surface area (Å²) in [5.74, 6) is 2.03. The molecule has 0 radical (unpaired) electrons. The molecule has 188 valence electrons. The van der Waals surface area contributed by atoms with Crippen LogP contribution >= 0.6 is 0 Å². The van der Waals surface area contributed by atoms with Gasteiger partial charge in [0.15, 0.2) is 11.5 Å². The van der Waals surface area contributed by atoms with Gasteiger partial charge < -0.3 is 23.8 Å². The van der Waals surface area contributed by atoms with E-state index in [4.69, 9.17) is 18.9 Å². The van der Waals surface area contributed by atoms with E-state index in [2.05, 4.69) is 32.9 Å². The molecule has 3 aliphatic heterocycles. The van der Waals surface area contributed by atoms with Gasteiger partial charge in [-0.25, -0.2) is 4.79 Å². The van der Waals surface area contributed by atoms with Crippen molar-refractivity contribution in [1.29, 1.82) is 0 Å². The highest BCUT2D eigenvalue weighted by Crippen LogP contribution is 2.56. The molecule has 0 aromatic heterocycles. The standard InChI is InChI=1S/C28H41NO5/c1-18(2)10-9-14-28(6)21-16-19-17-29(26(30)34-27(3,4)5)15-13-22(19)32-24(21)20-11-8-12-23(31-7)25(20)33-28/h8,10-12,19,21-22,24H,9,13-17H2,1-7H3/t19-,21-,22-,24+,28-/m0/s1. The van der Waals surface area contributed by atoms with Gasteiger partial charge in [0.05, 0.1) is 19.3 Å². The van der Waals surface area contributed by atoms with Crippen molar-refractivity contribution >= 4 is 6.09 Å². The summed E-state index contributed by atoms with van der Waals surface area (Å²) >= 11 is 0. The Bertz CT molecular complexity index is 931. The average Bonchev–Trinajstić information content (AvgIpc) is 2.76. The van der Waals surface area contributed by atoms with E-state index in [1.165, 1.54) is 5.57 Å². The Morgan fingerprint density at radius 3 is 2.74 bits per heavy atom. The molecule has 0 unspecified atom stereocenters. The van der Waals surface area contributed by atoms with Crippen LogP contribution in [0, 0.1) is 11.8 Å². The highest BCUT2D eigenvalue weighted by Gasteiger charge is 2.53. The van der Waals surface area contributed by atoms with Gasteiger partial charge in [-0.15, -0.1) is 0 Å². The van der Waals surface area contributed by atoms with E-state index in [1.54, 1.807) is 7.11 Å². The number of ether oxygens (including phenoxy) is 4. The van der Waals surface area contributed by atoms with E-state index in [1.807, 2.05) is 37.8 Å². The van der Waals surface area contributed by atoms with Crippen LogP contribution in [0.4, 0.5) is 4.79 Å². The van der Waals surface area contributed by atoms with E-state index in [9.17, 15) is 4.79 Å². The summed E-state index contributed by atoms with van der Waals surface area (Å²) in [6, 6.07) is 6.09. The van der Waals surface area contributed by atoms with Crippen LogP contribution in [-0.2, 0) is 9.47 Å². The fourth-order valence-corrected chi connectivity index (χ4v) is 5.72. The molecule has 34 heavy (non-hydrogen) atoms. The fourth-order valence-electron chi connectivity index (χ4n) is 5.72. The molecular formula is C28H41NO5. The van der Waals surface area contributed by atoms with Crippen LogP contribution in [0.1, 0.15) is 78.9 Å². The third-order valence-corrected chi connectivity index (χ3v) is 7.41. The lowest BCUT2D eigenvalue weighted by Crippen LogP contribution is -2.57. The van der Waals surface area contributed by atoms with Gasteiger partial charge >= 0.3 is 6.09 Å². The van der Waals surface area contributed by atoms with Crippen LogP contribution in [0.15, 0.2) is 29.8 Å². The first-order valence-corrected chi connectivity index (χ1v) is 12.6. The number of para-hydroxylation sites is 1. The second-order valence-electron chi connectivity index (χ2n) is 11.5. The first-order valence-electron chi connectivity index (χ1n) is 12.6. The van der Waals surface area contributed by atoms with Crippen LogP contribution in [-0.4, -0.2) is 48.5 Å². The quantitative estimate of drug-likeness (QED) is 0.483. The van der Waals surface area contributed by atoms with Crippen LogP contribution in [0.3, 0.4) is 0 Å². The molecule has 0 N–H and O–H groups in total. The number of hydrogen-bond donors (Lipinski definition) is 0. The van der Waals surface area contributed by atoms with Crippen LogP contribution in [0.5, 0.6) is 11.5 Å². The molecule has 0 aliphatic carbocycles. The number of carbonyl (C=O) groups is 1. The van der Waals surface area contributed by atoms with Crippen LogP contribution < -0.4 is 9.47 Å². The van der Waals surface area contributed by atoms with Gasteiger partial charge in [0, 0.05) is 30.5 Å². The summed E-state index contributed by atoms with van der Waals surface area (Å²) in [5, 5.41) is 0. The molecule has 3 heterocycles. The highest BCUT2D eigenvalue weighted by molar-refractivity contribution is 5.68. The van der Waals surface area contributed by atoms with Crippen molar-refractivity contribution in [2.24, 2.45) is 11.8 Å². The van der Waals surface area contributed by atoms with Crippen molar-refractivity contribution in [1.82, 2.24) is 4.90 Å². The van der Waals surface area contributed by atoms with Gasteiger partial charge in [0.25, 0.3) is 0 Å². The lowest BCUT2D eigenvalue weighted by molar-refractivity contribution is -0.191. The predicted molar refractivity (Wildman–Crippen MR) is 132 cm³/mol. The molecule has 5 atom stereocenters.